The van der Waals surface area contributed by atoms with E-state index < -0.39 is 0 Å². The van der Waals surface area contributed by atoms with Gasteiger partial charge in [0.2, 0.25) is 0 Å². The molecule has 1 aliphatic carbocycles. The van der Waals surface area contributed by atoms with Crippen molar-refractivity contribution in [2.75, 3.05) is 0 Å². The van der Waals surface area contributed by atoms with Crippen molar-refractivity contribution in [1.82, 2.24) is 0 Å². The van der Waals surface area contributed by atoms with Gasteiger partial charge in [-0.05, 0) is 89.5 Å². The van der Waals surface area contributed by atoms with Crippen molar-refractivity contribution >= 4 is 61.3 Å². The van der Waals surface area contributed by atoms with E-state index in [0.717, 1.165) is 11.3 Å². The molecule has 0 N–H and O–H groups in total. The number of benzene rings is 7. The monoisotopic (exact) mass is 540 g/mol. The van der Waals surface area contributed by atoms with Crippen LogP contribution in [0.5, 0.6) is 0 Å². The summed E-state index contributed by atoms with van der Waals surface area (Å²) in [5.74, 6) is 0.345. The molecule has 0 saturated carbocycles. The number of hydrogen-bond donors (Lipinski definition) is 1. The SMILES string of the molecule is Sc1c(-c2ccccc2)cc(C2=CCC(c3ccc4c5ccccc5c5ccccc5c4c3)C=C2)c2ccccc12. The minimum absolute atomic E-state index is 0.345. The molecule has 0 bridgehead atoms. The topological polar surface area (TPSA) is 0 Å². The fourth-order valence-electron chi connectivity index (χ4n) is 6.66. The number of fused-ring (bicyclic) bond motifs is 7. The van der Waals surface area contributed by atoms with Gasteiger partial charge in [0.15, 0.2) is 0 Å². The third kappa shape index (κ3) is 4.00. The van der Waals surface area contributed by atoms with E-state index >= 15 is 0 Å². The number of rotatable bonds is 3. The molecular weight excluding hydrogens is 513 g/mol. The summed E-state index contributed by atoms with van der Waals surface area (Å²) in [5.41, 5.74) is 6.28. The third-order valence-electron chi connectivity index (χ3n) is 8.71. The predicted octanol–water partition coefficient (Wildman–Crippen LogP) is 11.4. The van der Waals surface area contributed by atoms with Crippen LogP contribution in [0.25, 0.3) is 59.8 Å². The number of hydrogen-bond acceptors (Lipinski definition) is 1. The number of allylic oxidation sites excluding steroid dienone is 4. The van der Waals surface area contributed by atoms with Crippen LogP contribution >= 0.6 is 12.6 Å². The molecule has 1 aliphatic rings. The maximum absolute atomic E-state index is 4.99. The minimum atomic E-state index is 0.345. The van der Waals surface area contributed by atoms with Gasteiger partial charge in [-0.2, -0.15) is 0 Å². The van der Waals surface area contributed by atoms with Crippen LogP contribution in [0.1, 0.15) is 23.5 Å². The number of thiol groups is 1. The van der Waals surface area contributed by atoms with E-state index in [9.17, 15) is 0 Å². The summed E-state index contributed by atoms with van der Waals surface area (Å²) in [7, 11) is 0. The minimum Gasteiger partial charge on any atom is -0.142 e. The first kappa shape index (κ1) is 24.2. The van der Waals surface area contributed by atoms with Gasteiger partial charge < -0.3 is 0 Å². The van der Waals surface area contributed by atoms with Crippen LogP contribution in [-0.4, -0.2) is 0 Å². The van der Waals surface area contributed by atoms with Gasteiger partial charge in [-0.25, -0.2) is 0 Å². The van der Waals surface area contributed by atoms with Gasteiger partial charge >= 0.3 is 0 Å². The molecule has 0 nitrogen and oxygen atoms in total. The highest BCUT2D eigenvalue weighted by Gasteiger charge is 2.18. The van der Waals surface area contributed by atoms with Gasteiger partial charge in [-0.15, -0.1) is 12.6 Å². The Morgan fingerprint density at radius 3 is 1.68 bits per heavy atom. The van der Waals surface area contributed by atoms with Crippen LogP contribution in [0.15, 0.2) is 151 Å². The normalized spacial score (nSPS) is 15.1. The van der Waals surface area contributed by atoms with E-state index in [-0.39, 0.29) is 0 Å². The zero-order valence-electron chi connectivity index (χ0n) is 22.6. The summed E-state index contributed by atoms with van der Waals surface area (Å²) in [5, 5.41) is 10.4. The molecule has 0 aliphatic heterocycles. The van der Waals surface area contributed by atoms with Gasteiger partial charge in [-0.1, -0.05) is 133 Å². The summed E-state index contributed by atoms with van der Waals surface area (Å²) in [6.07, 6.45) is 8.11. The molecule has 8 rings (SSSR count). The predicted molar refractivity (Wildman–Crippen MR) is 180 cm³/mol. The summed E-state index contributed by atoms with van der Waals surface area (Å²) in [6, 6.07) is 46.2. The third-order valence-corrected chi connectivity index (χ3v) is 9.19. The van der Waals surface area contributed by atoms with E-state index in [1.807, 2.05) is 0 Å². The molecule has 7 aromatic rings. The summed E-state index contributed by atoms with van der Waals surface area (Å²) in [4.78, 5) is 1.03. The molecule has 0 heterocycles. The van der Waals surface area contributed by atoms with Crippen LogP contribution in [-0.2, 0) is 0 Å². The van der Waals surface area contributed by atoms with Crippen molar-refractivity contribution in [2.45, 2.75) is 17.2 Å². The molecule has 41 heavy (non-hydrogen) atoms. The molecule has 194 valence electrons. The smallest absolute Gasteiger partial charge is 0.0198 e. The van der Waals surface area contributed by atoms with Crippen molar-refractivity contribution in [3.63, 3.8) is 0 Å². The van der Waals surface area contributed by atoms with Gasteiger partial charge in [0.1, 0.15) is 0 Å². The van der Waals surface area contributed by atoms with Crippen molar-refractivity contribution in [3.8, 4) is 11.1 Å². The van der Waals surface area contributed by atoms with Crippen molar-refractivity contribution in [3.05, 3.63) is 157 Å². The second kappa shape index (κ2) is 9.80. The van der Waals surface area contributed by atoms with Crippen molar-refractivity contribution < 1.29 is 0 Å². The fraction of sp³-hybridized carbons (Fsp3) is 0.0500. The molecule has 1 heteroatoms. The molecule has 7 aromatic carbocycles. The quantitative estimate of drug-likeness (QED) is 0.167. The Labute approximate surface area is 245 Å². The standard InChI is InChI=1S/C40H28S/c41-40-36-17-9-8-16-34(36)37(25-38(40)27-10-2-1-3-11-27)28-20-18-26(19-21-28)29-22-23-35-32-14-5-4-12-30(32)31-13-6-7-15-33(31)39(35)24-29/h1-18,20-26,41H,19H2. The van der Waals surface area contributed by atoms with E-state index in [0.29, 0.717) is 5.92 Å². The first-order chi connectivity index (χ1) is 20.3. The van der Waals surface area contributed by atoms with Crippen LogP contribution in [0.2, 0.25) is 0 Å². The lowest BCUT2D eigenvalue weighted by Crippen LogP contribution is -2.00. The summed E-state index contributed by atoms with van der Waals surface area (Å²) < 4.78 is 0. The maximum atomic E-state index is 4.99. The Bertz CT molecular complexity index is 2150. The van der Waals surface area contributed by atoms with Crippen LogP contribution in [0.4, 0.5) is 0 Å². The van der Waals surface area contributed by atoms with Crippen LogP contribution in [0, 0.1) is 0 Å². The van der Waals surface area contributed by atoms with Gasteiger partial charge in [0.25, 0.3) is 0 Å². The highest BCUT2D eigenvalue weighted by Crippen LogP contribution is 2.41. The second-order valence-corrected chi connectivity index (χ2v) is 11.4. The fourth-order valence-corrected chi connectivity index (χ4v) is 7.05. The zero-order valence-corrected chi connectivity index (χ0v) is 23.5. The van der Waals surface area contributed by atoms with Crippen LogP contribution in [0.3, 0.4) is 0 Å². The van der Waals surface area contributed by atoms with Gasteiger partial charge in [-0.3, -0.25) is 0 Å². The Balaban J connectivity index is 1.21. The summed E-state index contributed by atoms with van der Waals surface area (Å²) >= 11 is 4.99. The van der Waals surface area contributed by atoms with E-state index in [1.54, 1.807) is 0 Å². The molecule has 0 spiro atoms. The first-order valence-corrected chi connectivity index (χ1v) is 14.7. The van der Waals surface area contributed by atoms with E-state index in [1.165, 1.54) is 70.9 Å². The zero-order chi connectivity index (χ0) is 27.3. The van der Waals surface area contributed by atoms with E-state index in [4.69, 9.17) is 12.6 Å². The Kier molecular flexibility index (Phi) is 5.79. The molecule has 0 amide bonds. The van der Waals surface area contributed by atoms with E-state index in [2.05, 4.69) is 146 Å². The summed E-state index contributed by atoms with van der Waals surface area (Å²) in [6.45, 7) is 0. The van der Waals surface area contributed by atoms with Crippen molar-refractivity contribution in [1.29, 1.82) is 0 Å². The Morgan fingerprint density at radius 1 is 0.488 bits per heavy atom. The van der Waals surface area contributed by atoms with Crippen LogP contribution < -0.4 is 0 Å². The molecule has 0 saturated heterocycles. The Morgan fingerprint density at radius 2 is 1.05 bits per heavy atom. The van der Waals surface area contributed by atoms with Gasteiger partial charge in [0, 0.05) is 10.8 Å². The molecule has 0 aromatic heterocycles. The lowest BCUT2D eigenvalue weighted by molar-refractivity contribution is 0.858. The highest BCUT2D eigenvalue weighted by molar-refractivity contribution is 7.80. The van der Waals surface area contributed by atoms with Gasteiger partial charge in [0.05, 0.1) is 0 Å². The molecule has 0 radical (unpaired) electrons. The molecule has 1 unspecified atom stereocenters. The molecule has 0 fully saturated rings. The highest BCUT2D eigenvalue weighted by atomic mass is 32.1. The molecular formula is C40H28S. The van der Waals surface area contributed by atoms with Crippen molar-refractivity contribution in [2.24, 2.45) is 0 Å². The maximum Gasteiger partial charge on any atom is 0.0198 e. The second-order valence-electron chi connectivity index (χ2n) is 11.0. The Hall–Kier alpha value is -4.59. The largest absolute Gasteiger partial charge is 0.142 e. The lowest BCUT2D eigenvalue weighted by atomic mass is 9.84. The molecule has 1 atom stereocenters. The average molecular weight is 541 g/mol. The average Bonchev–Trinajstić information content (AvgIpc) is 3.05. The lowest BCUT2D eigenvalue weighted by Gasteiger charge is -2.20. The first-order valence-electron chi connectivity index (χ1n) is 14.3.